The highest BCUT2D eigenvalue weighted by molar-refractivity contribution is 5.88. The molecule has 2 rings (SSSR count). The molecule has 0 aliphatic heterocycles. The smallest absolute Gasteiger partial charge is 0.272 e. The van der Waals surface area contributed by atoms with Gasteiger partial charge in [-0.25, -0.2) is 5.10 Å². The van der Waals surface area contributed by atoms with Gasteiger partial charge in [0.05, 0.1) is 17.1 Å². The van der Waals surface area contributed by atoms with Crippen molar-refractivity contribution in [3.8, 4) is 0 Å². The number of hydrogen-bond acceptors (Lipinski definition) is 4. The number of nitrogens with zero attached hydrogens (tertiary/aromatic N) is 1. The first-order chi connectivity index (χ1) is 11.2. The largest absolute Gasteiger partial charge is 0.346 e. The fraction of sp³-hybridized carbons (Fsp3) is 0.444. The van der Waals surface area contributed by atoms with E-state index >= 15 is 0 Å². The van der Waals surface area contributed by atoms with Gasteiger partial charge in [-0.2, -0.15) is 5.10 Å². The average Bonchev–Trinajstić information content (AvgIpc) is 2.51. The van der Waals surface area contributed by atoms with Crippen molar-refractivity contribution >= 4 is 22.5 Å². The van der Waals surface area contributed by atoms with E-state index in [1.807, 2.05) is 32.9 Å². The van der Waals surface area contributed by atoms with Crippen molar-refractivity contribution in [1.29, 1.82) is 0 Å². The molecule has 2 aromatic rings. The Morgan fingerprint density at radius 3 is 2.42 bits per heavy atom. The Balaban J connectivity index is 2.11. The monoisotopic (exact) mass is 329 g/mol. The Morgan fingerprint density at radius 1 is 1.21 bits per heavy atom. The predicted molar refractivity (Wildman–Crippen MR) is 92.8 cm³/mol. The molecule has 1 unspecified atom stereocenters. The van der Waals surface area contributed by atoms with E-state index in [2.05, 4.69) is 15.5 Å². The second kappa shape index (κ2) is 6.95. The second-order valence-electron chi connectivity index (χ2n) is 7.02. The maximum atomic E-state index is 12.2. The van der Waals surface area contributed by atoms with Crippen LogP contribution in [0.2, 0.25) is 0 Å². The molecule has 0 saturated carbocycles. The first kappa shape index (κ1) is 17.8. The van der Waals surface area contributed by atoms with Crippen molar-refractivity contribution < 1.29 is 9.59 Å². The summed E-state index contributed by atoms with van der Waals surface area (Å²) in [6, 6.07) is 6.64. The molecule has 0 aliphatic carbocycles. The van der Waals surface area contributed by atoms with Gasteiger partial charge in [-0.1, -0.05) is 39.0 Å². The number of carbonyl (C=O) groups is 2. The molecule has 1 amide bonds. The van der Waals surface area contributed by atoms with Gasteiger partial charge in [-0.05, 0) is 18.4 Å². The molecule has 24 heavy (non-hydrogen) atoms. The third kappa shape index (κ3) is 4.07. The lowest BCUT2D eigenvalue weighted by Gasteiger charge is -2.29. The van der Waals surface area contributed by atoms with Crippen LogP contribution in [-0.4, -0.2) is 27.9 Å². The average molecular weight is 329 g/mol. The Hall–Kier alpha value is -2.50. The van der Waals surface area contributed by atoms with E-state index in [0.717, 1.165) is 5.39 Å². The van der Waals surface area contributed by atoms with E-state index in [1.54, 1.807) is 12.1 Å². The number of ketones is 1. The summed E-state index contributed by atoms with van der Waals surface area (Å²) in [6.45, 7) is 7.22. The standard InChI is InChI=1S/C18H23N3O3/c1-11(22)16(18(2,3)4)19-15(23)10-9-14-12-7-5-6-8-13(12)17(24)21-20-14/h5-8,16H,9-10H2,1-4H3,(H,19,23)(H,21,24). The van der Waals surface area contributed by atoms with E-state index in [-0.39, 0.29) is 29.1 Å². The second-order valence-corrected chi connectivity index (χ2v) is 7.02. The van der Waals surface area contributed by atoms with Gasteiger partial charge in [-0.3, -0.25) is 14.4 Å². The molecule has 1 aromatic carbocycles. The molecule has 128 valence electrons. The van der Waals surface area contributed by atoms with E-state index in [0.29, 0.717) is 17.5 Å². The van der Waals surface area contributed by atoms with Crippen molar-refractivity contribution in [3.05, 3.63) is 40.3 Å². The van der Waals surface area contributed by atoms with E-state index in [9.17, 15) is 14.4 Å². The number of Topliss-reactive ketones (excluding diaryl/α,β-unsaturated/α-hetero) is 1. The summed E-state index contributed by atoms with van der Waals surface area (Å²) in [5, 5.41) is 10.6. The minimum atomic E-state index is -0.523. The molecule has 6 nitrogen and oxygen atoms in total. The molecule has 0 spiro atoms. The molecular weight excluding hydrogens is 306 g/mol. The number of aromatic amines is 1. The summed E-state index contributed by atoms with van der Waals surface area (Å²) in [7, 11) is 0. The summed E-state index contributed by atoms with van der Waals surface area (Å²) in [5.74, 6) is -0.273. The van der Waals surface area contributed by atoms with E-state index in [4.69, 9.17) is 0 Å². The van der Waals surface area contributed by atoms with Crippen LogP contribution in [-0.2, 0) is 16.0 Å². The van der Waals surface area contributed by atoms with E-state index < -0.39 is 6.04 Å². The van der Waals surface area contributed by atoms with Gasteiger partial charge >= 0.3 is 0 Å². The third-order valence-electron chi connectivity index (χ3n) is 3.94. The van der Waals surface area contributed by atoms with Crippen LogP contribution in [0, 0.1) is 5.41 Å². The maximum absolute atomic E-state index is 12.2. The highest BCUT2D eigenvalue weighted by Gasteiger charge is 2.29. The normalized spacial score (nSPS) is 12.8. The SMILES string of the molecule is CC(=O)C(NC(=O)CCc1n[nH]c(=O)c2ccccc12)C(C)(C)C. The maximum Gasteiger partial charge on any atom is 0.272 e. The number of nitrogens with one attached hydrogen (secondary N) is 2. The molecule has 1 aromatic heterocycles. The van der Waals surface area contributed by atoms with Gasteiger partial charge in [0, 0.05) is 18.2 Å². The number of aromatic nitrogens is 2. The third-order valence-corrected chi connectivity index (χ3v) is 3.94. The first-order valence-electron chi connectivity index (χ1n) is 7.96. The van der Waals surface area contributed by atoms with Crippen molar-refractivity contribution in [2.45, 2.75) is 46.6 Å². The number of benzene rings is 1. The van der Waals surface area contributed by atoms with Gasteiger partial charge in [0.1, 0.15) is 0 Å². The number of aryl methyl sites for hydroxylation is 1. The molecule has 0 fully saturated rings. The highest BCUT2D eigenvalue weighted by atomic mass is 16.2. The number of carbonyl (C=O) groups excluding carboxylic acids is 2. The van der Waals surface area contributed by atoms with Crippen molar-refractivity contribution in [1.82, 2.24) is 15.5 Å². The summed E-state index contributed by atoms with van der Waals surface area (Å²) in [6.07, 6.45) is 0.584. The topological polar surface area (TPSA) is 91.9 Å². The van der Waals surface area contributed by atoms with Crippen LogP contribution >= 0.6 is 0 Å². The van der Waals surface area contributed by atoms with Crippen LogP contribution in [0.25, 0.3) is 10.8 Å². The number of hydrogen-bond donors (Lipinski definition) is 2. The van der Waals surface area contributed by atoms with Gasteiger partial charge in [0.25, 0.3) is 5.56 Å². The summed E-state index contributed by atoms with van der Waals surface area (Å²) in [5.41, 5.74) is 0.0726. The Labute approximate surface area is 140 Å². The zero-order valence-corrected chi connectivity index (χ0v) is 14.5. The molecule has 0 saturated heterocycles. The number of H-pyrrole nitrogens is 1. The van der Waals surface area contributed by atoms with Crippen LogP contribution < -0.4 is 10.9 Å². The number of fused-ring (bicyclic) bond motifs is 1. The Bertz CT molecular complexity index is 818. The fourth-order valence-corrected chi connectivity index (χ4v) is 2.76. The molecule has 6 heteroatoms. The molecule has 0 bridgehead atoms. The van der Waals surface area contributed by atoms with Crippen LogP contribution in [0.15, 0.2) is 29.1 Å². The Morgan fingerprint density at radius 2 is 1.83 bits per heavy atom. The van der Waals surface area contributed by atoms with Gasteiger partial charge in [0.15, 0.2) is 5.78 Å². The molecular formula is C18H23N3O3. The van der Waals surface area contributed by atoms with Crippen LogP contribution in [0.4, 0.5) is 0 Å². The lowest BCUT2D eigenvalue weighted by Crippen LogP contribution is -2.48. The Kier molecular flexibility index (Phi) is 5.17. The van der Waals surface area contributed by atoms with Crippen LogP contribution in [0.3, 0.4) is 0 Å². The zero-order valence-electron chi connectivity index (χ0n) is 14.5. The molecule has 0 aliphatic rings. The predicted octanol–water partition coefficient (Wildman–Crippen LogP) is 1.98. The van der Waals surface area contributed by atoms with Crippen molar-refractivity contribution in [2.24, 2.45) is 5.41 Å². The summed E-state index contributed by atoms with van der Waals surface area (Å²) < 4.78 is 0. The molecule has 1 atom stereocenters. The molecule has 2 N–H and O–H groups in total. The van der Waals surface area contributed by atoms with Gasteiger partial charge in [-0.15, -0.1) is 0 Å². The van der Waals surface area contributed by atoms with Crippen LogP contribution in [0.5, 0.6) is 0 Å². The van der Waals surface area contributed by atoms with Gasteiger partial charge in [0.2, 0.25) is 5.91 Å². The van der Waals surface area contributed by atoms with Crippen molar-refractivity contribution in [3.63, 3.8) is 0 Å². The minimum absolute atomic E-state index is 0.0662. The molecule has 0 radical (unpaired) electrons. The lowest BCUT2D eigenvalue weighted by atomic mass is 9.84. The highest BCUT2D eigenvalue weighted by Crippen LogP contribution is 2.20. The summed E-state index contributed by atoms with van der Waals surface area (Å²) >= 11 is 0. The quantitative estimate of drug-likeness (QED) is 0.877. The molecule has 1 heterocycles. The van der Waals surface area contributed by atoms with Crippen molar-refractivity contribution in [2.75, 3.05) is 0 Å². The number of amides is 1. The van der Waals surface area contributed by atoms with E-state index in [1.165, 1.54) is 6.92 Å². The van der Waals surface area contributed by atoms with Gasteiger partial charge < -0.3 is 5.32 Å². The zero-order chi connectivity index (χ0) is 17.9. The number of rotatable bonds is 5. The minimum Gasteiger partial charge on any atom is -0.346 e. The summed E-state index contributed by atoms with van der Waals surface area (Å²) in [4.78, 5) is 35.7. The first-order valence-corrected chi connectivity index (χ1v) is 7.96. The van der Waals surface area contributed by atoms with Crippen LogP contribution in [0.1, 0.15) is 39.8 Å². The fourth-order valence-electron chi connectivity index (χ4n) is 2.76. The lowest BCUT2D eigenvalue weighted by molar-refractivity contribution is -0.129.